The maximum atomic E-state index is 13.5. The van der Waals surface area contributed by atoms with Gasteiger partial charge in [-0.15, -0.1) is 9.42 Å². The van der Waals surface area contributed by atoms with Crippen LogP contribution in [-0.4, -0.2) is 49.2 Å². The van der Waals surface area contributed by atoms with Gasteiger partial charge in [-0.2, -0.15) is 20.2 Å². The summed E-state index contributed by atoms with van der Waals surface area (Å²) in [6.07, 6.45) is 9.93. The van der Waals surface area contributed by atoms with Crippen LogP contribution in [-0.2, 0) is 21.4 Å². The van der Waals surface area contributed by atoms with Gasteiger partial charge in [-0.3, -0.25) is 0 Å². The van der Waals surface area contributed by atoms with Gasteiger partial charge in [0.25, 0.3) is 0 Å². The summed E-state index contributed by atoms with van der Waals surface area (Å²) < 4.78 is 26.4. The zero-order chi connectivity index (χ0) is 26.2. The van der Waals surface area contributed by atoms with E-state index in [0.717, 1.165) is 41.5 Å². The zero-order valence-electron chi connectivity index (χ0n) is 23.7. The number of aryl methyl sites for hydroxylation is 1. The SMILES string of the molecule is CSCC[C@H](N[N+](CCC1CCCCC1)(Cc1cccc(-c2ccccc2C)c1)S(C)(=O)=O)C(=O)[O-].[H-].[Li+]. The van der Waals surface area contributed by atoms with Crippen LogP contribution >= 0.6 is 11.8 Å². The van der Waals surface area contributed by atoms with E-state index in [2.05, 4.69) is 24.5 Å². The van der Waals surface area contributed by atoms with Crippen LogP contribution in [0, 0.1) is 12.8 Å². The molecular formula is C28H41LiN2O4S2. The van der Waals surface area contributed by atoms with Gasteiger partial charge < -0.3 is 11.3 Å². The van der Waals surface area contributed by atoms with Gasteiger partial charge in [0.1, 0.15) is 13.1 Å². The number of hydrogen-bond acceptors (Lipinski definition) is 6. The second kappa shape index (κ2) is 14.8. The van der Waals surface area contributed by atoms with Gasteiger partial charge in [-0.25, -0.2) is 0 Å². The standard InChI is InChI=1S/C28H40N2O4S2.Li.H/c1-22-10-7-8-15-26(22)25-14-9-13-24(20-25)21-30(36(3,33)34,18-16-23-11-5-4-6-12-23)29-27(28(31)32)17-19-35-2;;/h7-10,13-15,20,23,27,29H,4-6,11-12,16-19,21H2,1-3H3;;/q;+1;-1/t27-,30?;;/m0../s1. The van der Waals surface area contributed by atoms with Gasteiger partial charge in [-0.05, 0) is 54.0 Å². The Bertz CT molecular complexity index is 1130. The van der Waals surface area contributed by atoms with Crippen molar-refractivity contribution in [3.63, 3.8) is 0 Å². The van der Waals surface area contributed by atoms with Crippen LogP contribution < -0.4 is 29.4 Å². The van der Waals surface area contributed by atoms with Gasteiger partial charge in [-0.1, -0.05) is 74.6 Å². The Hall–Kier alpha value is -1.27. The predicted octanol–water partition coefficient (Wildman–Crippen LogP) is 1.40. The number of thioether (sulfide) groups is 1. The normalized spacial score (nSPS) is 16.9. The number of rotatable bonds is 13. The molecule has 0 heterocycles. The summed E-state index contributed by atoms with van der Waals surface area (Å²) in [6, 6.07) is 15.0. The summed E-state index contributed by atoms with van der Waals surface area (Å²) in [6.45, 7) is 2.52. The fourth-order valence-electron chi connectivity index (χ4n) is 5.22. The molecule has 37 heavy (non-hydrogen) atoms. The Morgan fingerprint density at radius 1 is 1.16 bits per heavy atom. The second-order valence-electron chi connectivity index (χ2n) is 10.1. The van der Waals surface area contributed by atoms with Gasteiger partial charge in [0, 0.05) is 12.0 Å². The minimum Gasteiger partial charge on any atom is -1.00 e. The Morgan fingerprint density at radius 3 is 2.49 bits per heavy atom. The summed E-state index contributed by atoms with van der Waals surface area (Å²) >= 11 is 1.53. The van der Waals surface area contributed by atoms with Crippen molar-refractivity contribution in [1.82, 2.24) is 5.43 Å². The summed E-state index contributed by atoms with van der Waals surface area (Å²) in [4.78, 5) is 12.1. The monoisotopic (exact) mass is 540 g/mol. The third kappa shape index (κ3) is 8.88. The van der Waals surface area contributed by atoms with Crippen molar-refractivity contribution in [1.29, 1.82) is 0 Å². The first-order valence-electron chi connectivity index (χ1n) is 12.8. The quantitative estimate of drug-likeness (QED) is 0.235. The molecule has 0 amide bonds. The van der Waals surface area contributed by atoms with Crippen LogP contribution in [0.3, 0.4) is 0 Å². The van der Waals surface area contributed by atoms with Crippen molar-refractivity contribution in [2.75, 3.05) is 24.8 Å². The molecule has 1 aliphatic carbocycles. The molecule has 1 unspecified atom stereocenters. The fourth-order valence-corrected chi connectivity index (χ4v) is 6.83. The maximum absolute atomic E-state index is 13.5. The van der Waals surface area contributed by atoms with E-state index in [-0.39, 0.29) is 26.8 Å². The van der Waals surface area contributed by atoms with E-state index in [1.54, 1.807) is 0 Å². The van der Waals surface area contributed by atoms with Crippen LogP contribution in [0.25, 0.3) is 11.1 Å². The topological polar surface area (TPSA) is 86.3 Å². The van der Waals surface area contributed by atoms with Crippen LogP contribution in [0.5, 0.6) is 0 Å². The van der Waals surface area contributed by atoms with E-state index in [1.165, 1.54) is 37.3 Å². The van der Waals surface area contributed by atoms with Gasteiger partial charge in [0.05, 0.1) is 18.3 Å². The van der Waals surface area contributed by atoms with E-state index < -0.39 is 26.0 Å². The minimum atomic E-state index is -3.74. The average molecular weight is 541 g/mol. The Morgan fingerprint density at radius 2 is 1.86 bits per heavy atom. The largest absolute Gasteiger partial charge is 1.00 e. The number of quaternary nitrogens is 1. The molecule has 1 aliphatic rings. The summed E-state index contributed by atoms with van der Waals surface area (Å²) in [5, 5.41) is 12.1. The first-order valence-corrected chi connectivity index (χ1v) is 16.1. The molecule has 2 aromatic rings. The molecule has 3 rings (SSSR count). The first kappa shape index (κ1) is 31.9. The van der Waals surface area contributed by atoms with Gasteiger partial charge in [0.2, 0.25) is 0 Å². The average Bonchev–Trinajstić information content (AvgIpc) is 2.85. The molecule has 1 fully saturated rings. The number of sulfonamides is 1. The molecule has 0 spiro atoms. The van der Waals surface area contributed by atoms with Crippen molar-refractivity contribution < 1.29 is 42.6 Å². The molecule has 2 atom stereocenters. The third-order valence-electron chi connectivity index (χ3n) is 7.37. The summed E-state index contributed by atoms with van der Waals surface area (Å²) in [7, 11) is -3.74. The maximum Gasteiger partial charge on any atom is 1.00 e. The number of nitrogens with one attached hydrogen (secondary N) is 1. The zero-order valence-corrected chi connectivity index (χ0v) is 24.4. The molecule has 9 heteroatoms. The van der Waals surface area contributed by atoms with Gasteiger partial charge in [0.15, 0.2) is 0 Å². The van der Waals surface area contributed by atoms with Crippen molar-refractivity contribution in [2.24, 2.45) is 5.92 Å². The molecule has 6 nitrogen and oxygen atoms in total. The van der Waals surface area contributed by atoms with E-state index in [4.69, 9.17) is 0 Å². The Balaban J connectivity index is 0.00000361. The molecule has 1 N–H and O–H groups in total. The van der Waals surface area contributed by atoms with Crippen LogP contribution in [0.4, 0.5) is 0 Å². The number of hydrogen-bond donors (Lipinski definition) is 1. The summed E-state index contributed by atoms with van der Waals surface area (Å²) in [5.74, 6) is -0.201. The predicted molar refractivity (Wildman–Crippen MR) is 148 cm³/mol. The second-order valence-corrected chi connectivity index (χ2v) is 13.2. The third-order valence-corrected chi connectivity index (χ3v) is 9.70. The van der Waals surface area contributed by atoms with Crippen LogP contribution in [0.2, 0.25) is 0 Å². The van der Waals surface area contributed by atoms with Crippen molar-refractivity contribution in [3.8, 4) is 11.1 Å². The van der Waals surface area contributed by atoms with E-state index >= 15 is 0 Å². The number of aliphatic carboxylic acids is 1. The number of carbonyl (C=O) groups excluding carboxylic acids is 1. The molecular weight excluding hydrogens is 499 g/mol. The van der Waals surface area contributed by atoms with E-state index in [1.807, 2.05) is 42.7 Å². The Kier molecular flexibility index (Phi) is 12.7. The Labute approximate surface area is 240 Å². The molecule has 200 valence electrons. The molecule has 0 radical (unpaired) electrons. The van der Waals surface area contributed by atoms with E-state index in [9.17, 15) is 18.3 Å². The molecule has 2 aromatic carbocycles. The smallest absolute Gasteiger partial charge is 1.00 e. The molecule has 0 bridgehead atoms. The van der Waals surface area contributed by atoms with Crippen molar-refractivity contribution >= 4 is 27.8 Å². The molecule has 0 saturated heterocycles. The molecule has 0 aromatic heterocycles. The fraction of sp³-hybridized carbons (Fsp3) is 0.536. The van der Waals surface area contributed by atoms with Crippen molar-refractivity contribution in [2.45, 2.75) is 64.5 Å². The molecule has 0 aliphatic heterocycles. The van der Waals surface area contributed by atoms with Crippen molar-refractivity contribution in [3.05, 3.63) is 59.7 Å². The minimum absolute atomic E-state index is 0. The number of carboxylic acids is 1. The molecule has 1 saturated carbocycles. The number of benzene rings is 2. The van der Waals surface area contributed by atoms with Gasteiger partial charge >= 0.3 is 28.9 Å². The number of nitrogens with zero attached hydrogens (tertiary/aromatic N) is 1. The number of carbonyl (C=O) groups is 1. The first-order chi connectivity index (χ1) is 17.1. The van der Waals surface area contributed by atoms with E-state index in [0.29, 0.717) is 24.6 Å². The number of carboxylic acid groups (broad SMARTS) is 1. The summed E-state index contributed by atoms with van der Waals surface area (Å²) in [5.41, 5.74) is 7.18. The van der Waals surface area contributed by atoms with Crippen LogP contribution in [0.15, 0.2) is 48.5 Å². The van der Waals surface area contributed by atoms with Crippen LogP contribution in [0.1, 0.15) is 57.5 Å².